The van der Waals surface area contributed by atoms with Crippen molar-refractivity contribution in [2.45, 2.75) is 55.9 Å². The van der Waals surface area contributed by atoms with Crippen molar-refractivity contribution in [2.75, 3.05) is 25.1 Å². The number of rotatable bonds is 4. The number of benzene rings is 1. The molecule has 2 N–H and O–H groups in total. The van der Waals surface area contributed by atoms with Crippen LogP contribution in [0.3, 0.4) is 0 Å². The average molecular weight is 434 g/mol. The van der Waals surface area contributed by atoms with Gasteiger partial charge in [-0.1, -0.05) is 6.42 Å². The van der Waals surface area contributed by atoms with Gasteiger partial charge in [0.2, 0.25) is 10.0 Å². The summed E-state index contributed by atoms with van der Waals surface area (Å²) in [7, 11) is -2.64. The van der Waals surface area contributed by atoms with Crippen molar-refractivity contribution in [3.8, 4) is 0 Å². The molecule has 1 atom stereocenters. The number of primary sulfonamides is 1. The number of hydrogen-bond donors (Lipinski definition) is 1. The summed E-state index contributed by atoms with van der Waals surface area (Å²) in [6.45, 7) is 2.39. The van der Waals surface area contributed by atoms with Crippen molar-refractivity contribution in [1.82, 2.24) is 14.8 Å². The molecule has 4 rings (SSSR count). The van der Waals surface area contributed by atoms with Crippen molar-refractivity contribution < 1.29 is 17.9 Å². The molecule has 0 saturated carbocycles. The van der Waals surface area contributed by atoms with E-state index < -0.39 is 16.0 Å². The third kappa shape index (κ3) is 4.06. The lowest BCUT2D eigenvalue weighted by Gasteiger charge is -2.35. The molecular weight excluding hydrogens is 406 g/mol. The molecule has 9 nitrogen and oxygen atoms in total. The SMILES string of the molecule is COC(=O)c1cc(S(N)(=O)=O)ccc1N1CCCC(c2nnc3n2CCCCC3)C1. The van der Waals surface area contributed by atoms with Gasteiger partial charge in [0.1, 0.15) is 11.6 Å². The number of nitrogens with zero attached hydrogens (tertiary/aromatic N) is 4. The number of sulfonamides is 1. The Labute approximate surface area is 176 Å². The van der Waals surface area contributed by atoms with E-state index in [-0.39, 0.29) is 16.4 Å². The predicted molar refractivity (Wildman–Crippen MR) is 111 cm³/mol. The van der Waals surface area contributed by atoms with E-state index in [0.717, 1.165) is 56.8 Å². The number of fused-ring (bicyclic) bond motifs is 1. The van der Waals surface area contributed by atoms with Crippen LogP contribution >= 0.6 is 0 Å². The molecule has 1 aromatic heterocycles. The fourth-order valence-electron chi connectivity index (χ4n) is 4.46. The summed E-state index contributed by atoms with van der Waals surface area (Å²) in [5, 5.41) is 14.2. The summed E-state index contributed by atoms with van der Waals surface area (Å²) in [6, 6.07) is 4.37. The highest BCUT2D eigenvalue weighted by Gasteiger charge is 2.30. The molecule has 2 aliphatic rings. The molecule has 2 aliphatic heterocycles. The van der Waals surface area contributed by atoms with Crippen LogP contribution in [0.4, 0.5) is 5.69 Å². The summed E-state index contributed by atoms with van der Waals surface area (Å²) in [4.78, 5) is 14.4. The monoisotopic (exact) mass is 433 g/mol. The third-order valence-corrected chi connectivity index (χ3v) is 6.88. The Hall–Kier alpha value is -2.46. The first-order valence-electron chi connectivity index (χ1n) is 10.3. The van der Waals surface area contributed by atoms with Gasteiger partial charge in [0.05, 0.1) is 23.3 Å². The molecule has 30 heavy (non-hydrogen) atoms. The van der Waals surface area contributed by atoms with Gasteiger partial charge in [-0.25, -0.2) is 18.4 Å². The molecule has 10 heteroatoms. The van der Waals surface area contributed by atoms with E-state index in [1.54, 1.807) is 6.07 Å². The van der Waals surface area contributed by atoms with Crippen LogP contribution in [-0.2, 0) is 27.7 Å². The number of esters is 1. The molecule has 1 saturated heterocycles. The van der Waals surface area contributed by atoms with Gasteiger partial charge in [0.15, 0.2) is 0 Å². The largest absolute Gasteiger partial charge is 0.465 e. The summed E-state index contributed by atoms with van der Waals surface area (Å²) in [5.74, 6) is 1.68. The minimum atomic E-state index is -3.92. The fraction of sp³-hybridized carbons (Fsp3) is 0.550. The molecule has 0 aliphatic carbocycles. The Morgan fingerprint density at radius 1 is 1.17 bits per heavy atom. The number of nitrogens with two attached hydrogens (primary N) is 1. The van der Waals surface area contributed by atoms with E-state index in [1.165, 1.54) is 25.7 Å². The lowest BCUT2D eigenvalue weighted by molar-refractivity contribution is 0.0601. The molecule has 1 unspecified atom stereocenters. The Morgan fingerprint density at radius 3 is 2.77 bits per heavy atom. The quantitative estimate of drug-likeness (QED) is 0.730. The minimum Gasteiger partial charge on any atom is -0.465 e. The predicted octanol–water partition coefficient (Wildman–Crippen LogP) is 1.82. The minimum absolute atomic E-state index is 0.108. The van der Waals surface area contributed by atoms with Crippen molar-refractivity contribution in [3.63, 3.8) is 0 Å². The number of carbonyl (C=O) groups is 1. The van der Waals surface area contributed by atoms with Crippen LogP contribution in [0.2, 0.25) is 0 Å². The maximum atomic E-state index is 12.4. The Kier molecular flexibility index (Phi) is 5.79. The van der Waals surface area contributed by atoms with Crippen LogP contribution in [0.1, 0.15) is 60.0 Å². The zero-order valence-corrected chi connectivity index (χ0v) is 17.9. The Morgan fingerprint density at radius 2 is 2.00 bits per heavy atom. The molecule has 0 bridgehead atoms. The van der Waals surface area contributed by atoms with Crippen molar-refractivity contribution in [3.05, 3.63) is 35.4 Å². The standard InChI is InChI=1S/C20H27N5O4S/c1-29-20(26)16-12-15(30(21,27)28)8-9-17(16)24-10-5-6-14(13-24)19-23-22-18-7-3-2-4-11-25(18)19/h8-9,12,14H,2-7,10-11,13H2,1H3,(H2,21,27,28). The summed E-state index contributed by atoms with van der Waals surface area (Å²) in [6.07, 6.45) is 6.38. The summed E-state index contributed by atoms with van der Waals surface area (Å²) < 4.78 is 30.7. The third-order valence-electron chi connectivity index (χ3n) is 5.97. The molecule has 0 radical (unpaired) electrons. The fourth-order valence-corrected chi connectivity index (χ4v) is 5.00. The zero-order valence-electron chi connectivity index (χ0n) is 17.1. The molecule has 0 spiro atoms. The first-order chi connectivity index (χ1) is 14.4. The number of ether oxygens (including phenoxy) is 1. The highest BCUT2D eigenvalue weighted by Crippen LogP contribution is 2.33. The second-order valence-corrected chi connectivity index (χ2v) is 9.50. The Bertz CT molecular complexity index is 1050. The van der Waals surface area contributed by atoms with Crippen molar-refractivity contribution in [1.29, 1.82) is 0 Å². The molecule has 1 fully saturated rings. The van der Waals surface area contributed by atoms with Gasteiger partial charge >= 0.3 is 5.97 Å². The van der Waals surface area contributed by atoms with E-state index >= 15 is 0 Å². The average Bonchev–Trinajstić information content (AvgIpc) is 3.00. The van der Waals surface area contributed by atoms with Gasteiger partial charge < -0.3 is 14.2 Å². The maximum Gasteiger partial charge on any atom is 0.340 e. The first-order valence-corrected chi connectivity index (χ1v) is 11.8. The van der Waals surface area contributed by atoms with Gasteiger partial charge in [-0.2, -0.15) is 0 Å². The van der Waals surface area contributed by atoms with E-state index in [0.29, 0.717) is 12.2 Å². The number of carbonyl (C=O) groups excluding carboxylic acids is 1. The van der Waals surface area contributed by atoms with E-state index in [1.807, 2.05) is 0 Å². The number of hydrogen-bond acceptors (Lipinski definition) is 7. The number of piperidine rings is 1. The topological polar surface area (TPSA) is 120 Å². The Balaban J connectivity index is 1.65. The van der Waals surface area contributed by atoms with Crippen molar-refractivity contribution >= 4 is 21.7 Å². The molecule has 1 aromatic carbocycles. The lowest BCUT2D eigenvalue weighted by Crippen LogP contribution is -2.36. The van der Waals surface area contributed by atoms with Gasteiger partial charge in [0, 0.05) is 32.0 Å². The second kappa shape index (κ2) is 8.35. The molecular formula is C20H27N5O4S. The molecule has 162 valence electrons. The first kappa shape index (κ1) is 20.8. The highest BCUT2D eigenvalue weighted by molar-refractivity contribution is 7.89. The van der Waals surface area contributed by atoms with Gasteiger partial charge in [0.25, 0.3) is 0 Å². The number of aryl methyl sites for hydroxylation is 1. The zero-order chi connectivity index (χ0) is 21.3. The van der Waals surface area contributed by atoms with Gasteiger partial charge in [-0.15, -0.1) is 10.2 Å². The van der Waals surface area contributed by atoms with Gasteiger partial charge in [-0.05, 0) is 43.9 Å². The number of anilines is 1. The van der Waals surface area contributed by atoms with E-state index in [9.17, 15) is 13.2 Å². The molecule has 2 aromatic rings. The van der Waals surface area contributed by atoms with Crippen LogP contribution in [0.15, 0.2) is 23.1 Å². The maximum absolute atomic E-state index is 12.4. The number of methoxy groups -OCH3 is 1. The summed E-state index contributed by atoms with van der Waals surface area (Å²) >= 11 is 0. The van der Waals surface area contributed by atoms with Crippen LogP contribution in [0, 0.1) is 0 Å². The summed E-state index contributed by atoms with van der Waals surface area (Å²) in [5.41, 5.74) is 0.847. The smallest absolute Gasteiger partial charge is 0.340 e. The van der Waals surface area contributed by atoms with Crippen LogP contribution in [0.25, 0.3) is 0 Å². The lowest BCUT2D eigenvalue weighted by atomic mass is 9.95. The van der Waals surface area contributed by atoms with Crippen LogP contribution in [0.5, 0.6) is 0 Å². The molecule has 0 amide bonds. The van der Waals surface area contributed by atoms with Gasteiger partial charge in [-0.3, -0.25) is 0 Å². The van der Waals surface area contributed by atoms with Crippen LogP contribution in [-0.4, -0.2) is 49.4 Å². The van der Waals surface area contributed by atoms with E-state index in [2.05, 4.69) is 19.7 Å². The van der Waals surface area contributed by atoms with Crippen LogP contribution < -0.4 is 10.0 Å². The second-order valence-electron chi connectivity index (χ2n) is 7.94. The van der Waals surface area contributed by atoms with Crippen molar-refractivity contribution in [2.24, 2.45) is 5.14 Å². The number of aromatic nitrogens is 3. The molecule has 3 heterocycles. The highest BCUT2D eigenvalue weighted by atomic mass is 32.2. The normalized spacial score (nSPS) is 19.8. The van der Waals surface area contributed by atoms with E-state index in [4.69, 9.17) is 9.88 Å².